The van der Waals surface area contributed by atoms with Gasteiger partial charge in [-0.05, 0) is 24.5 Å². The van der Waals surface area contributed by atoms with E-state index in [0.717, 1.165) is 31.2 Å². The van der Waals surface area contributed by atoms with Crippen LogP contribution < -0.4 is 10.5 Å². The standard InChI is InChI=1S/C13H21N3O2S/c14-13-8-4-3-7-12(13)11-15-19(17,18)16-9-5-1-2-6-10-16/h3-4,7-8,15H,1-2,5-6,9-11,14H2. The van der Waals surface area contributed by atoms with Crippen LogP contribution in [0.2, 0.25) is 0 Å². The summed E-state index contributed by atoms with van der Waals surface area (Å²) in [5.74, 6) is 0. The minimum absolute atomic E-state index is 0.242. The SMILES string of the molecule is Nc1ccccc1CNS(=O)(=O)N1CCCCCC1. The molecule has 5 nitrogen and oxygen atoms in total. The molecule has 1 aliphatic heterocycles. The summed E-state index contributed by atoms with van der Waals surface area (Å²) in [5.41, 5.74) is 7.22. The van der Waals surface area contributed by atoms with Gasteiger partial charge in [0.25, 0.3) is 10.2 Å². The van der Waals surface area contributed by atoms with Crippen LogP contribution in [0.5, 0.6) is 0 Å². The van der Waals surface area contributed by atoms with Gasteiger partial charge >= 0.3 is 0 Å². The molecule has 19 heavy (non-hydrogen) atoms. The first-order valence-electron chi connectivity index (χ1n) is 6.68. The molecule has 1 fully saturated rings. The van der Waals surface area contributed by atoms with E-state index in [1.54, 1.807) is 10.4 Å². The highest BCUT2D eigenvalue weighted by Gasteiger charge is 2.22. The second-order valence-electron chi connectivity index (χ2n) is 4.84. The van der Waals surface area contributed by atoms with Crippen LogP contribution in [-0.4, -0.2) is 25.8 Å². The molecule has 1 saturated heterocycles. The van der Waals surface area contributed by atoms with Gasteiger partial charge in [-0.25, -0.2) is 0 Å². The van der Waals surface area contributed by atoms with Gasteiger partial charge < -0.3 is 5.73 Å². The number of nitrogens with one attached hydrogen (secondary N) is 1. The molecule has 1 aromatic rings. The zero-order valence-electron chi connectivity index (χ0n) is 11.0. The van der Waals surface area contributed by atoms with Crippen LogP contribution >= 0.6 is 0 Å². The Labute approximate surface area is 115 Å². The first-order chi connectivity index (χ1) is 9.09. The molecule has 0 amide bonds. The Morgan fingerprint density at radius 3 is 2.37 bits per heavy atom. The van der Waals surface area contributed by atoms with Crippen molar-refractivity contribution < 1.29 is 8.42 Å². The van der Waals surface area contributed by atoms with Crippen LogP contribution in [-0.2, 0) is 16.8 Å². The third-order valence-corrected chi connectivity index (χ3v) is 4.96. The number of nitrogen functional groups attached to an aromatic ring is 1. The smallest absolute Gasteiger partial charge is 0.279 e. The average Bonchev–Trinajstić information content (AvgIpc) is 2.67. The lowest BCUT2D eigenvalue weighted by Gasteiger charge is -2.20. The molecule has 106 valence electrons. The third-order valence-electron chi connectivity index (χ3n) is 3.41. The lowest BCUT2D eigenvalue weighted by molar-refractivity contribution is 0.414. The zero-order valence-corrected chi connectivity index (χ0v) is 11.8. The fraction of sp³-hybridized carbons (Fsp3) is 0.538. The lowest BCUT2D eigenvalue weighted by atomic mass is 10.2. The molecule has 3 N–H and O–H groups in total. The monoisotopic (exact) mass is 283 g/mol. The quantitative estimate of drug-likeness (QED) is 0.822. The highest BCUT2D eigenvalue weighted by atomic mass is 32.2. The predicted molar refractivity (Wildman–Crippen MR) is 76.7 cm³/mol. The van der Waals surface area contributed by atoms with Crippen molar-refractivity contribution in [2.24, 2.45) is 0 Å². The number of anilines is 1. The lowest BCUT2D eigenvalue weighted by Crippen LogP contribution is -2.40. The van der Waals surface area contributed by atoms with E-state index < -0.39 is 10.2 Å². The van der Waals surface area contributed by atoms with Crippen LogP contribution in [0.1, 0.15) is 31.2 Å². The van der Waals surface area contributed by atoms with Crippen LogP contribution in [0.4, 0.5) is 5.69 Å². The number of hydrogen-bond acceptors (Lipinski definition) is 3. The summed E-state index contributed by atoms with van der Waals surface area (Å²) in [6, 6.07) is 7.30. The topological polar surface area (TPSA) is 75.4 Å². The summed E-state index contributed by atoms with van der Waals surface area (Å²) in [7, 11) is -3.39. The van der Waals surface area contributed by atoms with E-state index in [1.165, 1.54) is 0 Å². The van der Waals surface area contributed by atoms with Crippen LogP contribution in [0, 0.1) is 0 Å². The second kappa shape index (κ2) is 6.36. The van der Waals surface area contributed by atoms with Gasteiger partial charge in [0.05, 0.1) is 0 Å². The fourth-order valence-corrected chi connectivity index (χ4v) is 3.50. The van der Waals surface area contributed by atoms with Crippen molar-refractivity contribution in [3.63, 3.8) is 0 Å². The van der Waals surface area contributed by atoms with Crippen molar-refractivity contribution in [1.29, 1.82) is 0 Å². The molecular formula is C13H21N3O2S. The molecule has 6 heteroatoms. The van der Waals surface area contributed by atoms with Gasteiger partial charge in [-0.15, -0.1) is 0 Å². The Kier molecular flexibility index (Phi) is 4.79. The van der Waals surface area contributed by atoms with Gasteiger partial charge in [-0.3, -0.25) is 0 Å². The minimum Gasteiger partial charge on any atom is -0.398 e. The Morgan fingerprint density at radius 1 is 1.11 bits per heavy atom. The van der Waals surface area contributed by atoms with E-state index in [9.17, 15) is 8.42 Å². The average molecular weight is 283 g/mol. The molecule has 1 heterocycles. The van der Waals surface area contributed by atoms with Crippen LogP contribution in [0.15, 0.2) is 24.3 Å². The van der Waals surface area contributed by atoms with E-state index in [1.807, 2.05) is 18.2 Å². The van der Waals surface area contributed by atoms with Gasteiger partial charge in [-0.1, -0.05) is 31.0 Å². The van der Waals surface area contributed by atoms with E-state index in [2.05, 4.69) is 4.72 Å². The number of benzene rings is 1. The predicted octanol–water partition coefficient (Wildman–Crippen LogP) is 1.48. The summed E-state index contributed by atoms with van der Waals surface area (Å²) >= 11 is 0. The van der Waals surface area contributed by atoms with Crippen molar-refractivity contribution >= 4 is 15.9 Å². The van der Waals surface area contributed by atoms with E-state index in [-0.39, 0.29) is 6.54 Å². The first kappa shape index (κ1) is 14.3. The molecule has 0 aliphatic carbocycles. The van der Waals surface area contributed by atoms with Crippen LogP contribution in [0.3, 0.4) is 0 Å². The molecule has 2 rings (SSSR count). The number of hydrogen-bond donors (Lipinski definition) is 2. The Morgan fingerprint density at radius 2 is 1.74 bits per heavy atom. The van der Waals surface area contributed by atoms with Gasteiger partial charge in [0.15, 0.2) is 0 Å². The largest absolute Gasteiger partial charge is 0.398 e. The summed E-state index contributed by atoms with van der Waals surface area (Å²) < 4.78 is 28.6. The van der Waals surface area contributed by atoms with Crippen molar-refractivity contribution in [1.82, 2.24) is 9.03 Å². The molecule has 1 aromatic carbocycles. The molecule has 0 unspecified atom stereocenters. The van der Waals surface area contributed by atoms with Crippen molar-refractivity contribution in [3.8, 4) is 0 Å². The molecule has 1 aliphatic rings. The van der Waals surface area contributed by atoms with E-state index in [4.69, 9.17) is 5.73 Å². The highest BCUT2D eigenvalue weighted by molar-refractivity contribution is 7.87. The highest BCUT2D eigenvalue weighted by Crippen LogP contribution is 2.14. The second-order valence-corrected chi connectivity index (χ2v) is 6.59. The third kappa shape index (κ3) is 3.92. The van der Waals surface area contributed by atoms with Crippen molar-refractivity contribution in [2.45, 2.75) is 32.2 Å². The maximum absolute atomic E-state index is 12.2. The number of rotatable bonds is 4. The van der Waals surface area contributed by atoms with Crippen LogP contribution in [0.25, 0.3) is 0 Å². The van der Waals surface area contributed by atoms with Crippen molar-refractivity contribution in [2.75, 3.05) is 18.8 Å². The molecule has 0 atom stereocenters. The molecule has 0 aromatic heterocycles. The van der Waals surface area contributed by atoms with Gasteiger partial charge in [0.1, 0.15) is 0 Å². The molecular weight excluding hydrogens is 262 g/mol. The fourth-order valence-electron chi connectivity index (χ4n) is 2.24. The van der Waals surface area contributed by atoms with Crippen molar-refractivity contribution in [3.05, 3.63) is 29.8 Å². The Bertz CT molecular complexity index is 508. The maximum atomic E-state index is 12.2. The summed E-state index contributed by atoms with van der Waals surface area (Å²) in [6.45, 7) is 1.46. The normalized spacial score (nSPS) is 18.1. The maximum Gasteiger partial charge on any atom is 0.279 e. The van der Waals surface area contributed by atoms with Gasteiger partial charge in [0.2, 0.25) is 0 Å². The number of nitrogens with two attached hydrogens (primary N) is 1. The summed E-state index contributed by atoms with van der Waals surface area (Å²) in [4.78, 5) is 0. The zero-order chi connectivity index (χ0) is 13.7. The van der Waals surface area contributed by atoms with E-state index in [0.29, 0.717) is 18.8 Å². The number of para-hydroxylation sites is 1. The summed E-state index contributed by atoms with van der Waals surface area (Å²) in [6.07, 6.45) is 4.10. The summed E-state index contributed by atoms with van der Waals surface area (Å²) in [5, 5.41) is 0. The Balaban J connectivity index is 1.99. The molecule has 0 saturated carbocycles. The van der Waals surface area contributed by atoms with E-state index >= 15 is 0 Å². The molecule has 0 bridgehead atoms. The van der Waals surface area contributed by atoms with Gasteiger partial charge in [0, 0.05) is 25.3 Å². The molecule has 0 spiro atoms. The minimum atomic E-state index is -3.39. The van der Waals surface area contributed by atoms with Gasteiger partial charge in [-0.2, -0.15) is 17.4 Å². The number of nitrogens with zero attached hydrogens (tertiary/aromatic N) is 1. The molecule has 0 radical (unpaired) electrons. The Hall–Kier alpha value is -1.11. The first-order valence-corrected chi connectivity index (χ1v) is 8.12.